The van der Waals surface area contributed by atoms with Crippen molar-refractivity contribution in [2.24, 2.45) is 5.10 Å². The number of rotatable bonds is 7. The van der Waals surface area contributed by atoms with Gasteiger partial charge in [0.1, 0.15) is 5.75 Å². The lowest BCUT2D eigenvalue weighted by Crippen LogP contribution is -2.57. The number of carbonyl (C=O) groups excluding carboxylic acids is 1. The molecule has 8 heteroatoms. The number of hydrogen-bond donors (Lipinski definition) is 1. The van der Waals surface area contributed by atoms with Gasteiger partial charge < -0.3 is 9.84 Å². The molecule has 0 fully saturated rings. The van der Waals surface area contributed by atoms with Gasteiger partial charge in [0.15, 0.2) is 6.61 Å². The number of benzene rings is 2. The Bertz CT molecular complexity index is 972. The lowest BCUT2D eigenvalue weighted by atomic mass is 9.78. The number of ether oxygens (including phenoxy) is 1. The summed E-state index contributed by atoms with van der Waals surface area (Å²) in [5.74, 6) is -0.733. The van der Waals surface area contributed by atoms with Crippen LogP contribution < -0.4 is 4.74 Å². The zero-order valence-corrected chi connectivity index (χ0v) is 18.3. The van der Waals surface area contributed by atoms with E-state index in [0.717, 1.165) is 11.1 Å². The van der Waals surface area contributed by atoms with Crippen LogP contribution in [0.4, 0.5) is 13.2 Å². The van der Waals surface area contributed by atoms with Crippen molar-refractivity contribution in [3.8, 4) is 5.75 Å². The Balaban J connectivity index is 1.70. The van der Waals surface area contributed by atoms with Gasteiger partial charge in [-0.2, -0.15) is 23.3 Å². The van der Waals surface area contributed by atoms with E-state index in [1.54, 1.807) is 19.1 Å². The van der Waals surface area contributed by atoms with Crippen molar-refractivity contribution in [3.63, 3.8) is 0 Å². The van der Waals surface area contributed by atoms with E-state index in [0.29, 0.717) is 12.2 Å². The molecule has 172 valence electrons. The lowest BCUT2D eigenvalue weighted by molar-refractivity contribution is -0.302. The third kappa shape index (κ3) is 4.65. The number of hydrazone groups is 1. The van der Waals surface area contributed by atoms with Crippen LogP contribution in [0.5, 0.6) is 5.75 Å². The minimum absolute atomic E-state index is 0.116. The van der Waals surface area contributed by atoms with E-state index < -0.39 is 30.8 Å². The van der Waals surface area contributed by atoms with Crippen LogP contribution in [0.2, 0.25) is 0 Å². The largest absolute Gasteiger partial charge is 0.484 e. The zero-order chi connectivity index (χ0) is 23.6. The molecule has 0 aliphatic carbocycles. The third-order valence-electron chi connectivity index (χ3n) is 5.70. The molecule has 0 spiro atoms. The highest BCUT2D eigenvalue weighted by Gasteiger charge is 2.63. The topological polar surface area (TPSA) is 62.1 Å². The molecule has 5 nitrogen and oxygen atoms in total. The van der Waals surface area contributed by atoms with E-state index in [4.69, 9.17) is 4.74 Å². The first kappa shape index (κ1) is 23.8. The fourth-order valence-corrected chi connectivity index (χ4v) is 3.72. The van der Waals surface area contributed by atoms with Crippen molar-refractivity contribution < 1.29 is 27.8 Å². The van der Waals surface area contributed by atoms with Gasteiger partial charge in [-0.1, -0.05) is 69.7 Å². The maximum absolute atomic E-state index is 13.5. The average molecular weight is 448 g/mol. The second-order valence-corrected chi connectivity index (χ2v) is 8.42. The highest BCUT2D eigenvalue weighted by atomic mass is 19.4. The van der Waals surface area contributed by atoms with Crippen molar-refractivity contribution in [1.29, 1.82) is 0 Å². The minimum atomic E-state index is -5.04. The molecule has 1 unspecified atom stereocenters. The van der Waals surface area contributed by atoms with Gasteiger partial charge in [0.25, 0.3) is 11.6 Å². The lowest BCUT2D eigenvalue weighted by Gasteiger charge is -2.32. The summed E-state index contributed by atoms with van der Waals surface area (Å²) < 4.78 is 45.8. The molecule has 0 aromatic heterocycles. The number of nitrogens with zero attached hydrogens (tertiary/aromatic N) is 2. The van der Waals surface area contributed by atoms with Crippen LogP contribution in [0.25, 0.3) is 0 Å². The second-order valence-electron chi connectivity index (χ2n) is 8.42. The average Bonchev–Trinajstić information content (AvgIpc) is 3.11. The summed E-state index contributed by atoms with van der Waals surface area (Å²) in [6.45, 7) is 5.27. The molecule has 1 atom stereocenters. The Labute approximate surface area is 185 Å². The first-order valence-corrected chi connectivity index (χ1v) is 10.5. The molecule has 3 rings (SSSR count). The fraction of sp³-hybridized carbons (Fsp3) is 0.417. The summed E-state index contributed by atoms with van der Waals surface area (Å²) in [5.41, 5.74) is -1.33. The smallest absolute Gasteiger partial charge is 0.438 e. The van der Waals surface area contributed by atoms with E-state index in [2.05, 4.69) is 18.9 Å². The summed E-state index contributed by atoms with van der Waals surface area (Å²) in [5, 5.41) is 14.1. The molecule has 0 saturated heterocycles. The molecule has 1 heterocycles. The molecule has 0 saturated carbocycles. The number of carbonyl (C=O) groups is 1. The van der Waals surface area contributed by atoms with Crippen LogP contribution >= 0.6 is 0 Å². The normalized spacial score (nSPS) is 19.1. The summed E-state index contributed by atoms with van der Waals surface area (Å²) in [7, 11) is 0. The van der Waals surface area contributed by atoms with Gasteiger partial charge in [-0.3, -0.25) is 4.79 Å². The molecule has 1 aliphatic rings. The highest BCUT2D eigenvalue weighted by Crippen LogP contribution is 2.41. The highest BCUT2D eigenvalue weighted by molar-refractivity contribution is 5.91. The standard InChI is InChI=1S/C24H27F3N2O3/c1-4-8-19-15-23(31,24(25,26)27)29(28-19)21(30)16-32-20-13-11-18(12-14-20)22(2,3)17-9-6-5-7-10-17/h5-7,9-14,31H,4,8,15-16H2,1-3H3. The maximum Gasteiger partial charge on any atom is 0.438 e. The number of alkyl halides is 3. The Morgan fingerprint density at radius 1 is 1.09 bits per heavy atom. The van der Waals surface area contributed by atoms with Gasteiger partial charge in [0, 0.05) is 17.5 Å². The molecular weight excluding hydrogens is 421 g/mol. The molecule has 1 N–H and O–H groups in total. The molecule has 0 radical (unpaired) electrons. The molecule has 2 aromatic rings. The van der Waals surface area contributed by atoms with Crippen molar-refractivity contribution in [1.82, 2.24) is 5.01 Å². The van der Waals surface area contributed by atoms with Crippen LogP contribution in [0, 0.1) is 0 Å². The Morgan fingerprint density at radius 3 is 2.25 bits per heavy atom. The molecule has 32 heavy (non-hydrogen) atoms. The van der Waals surface area contributed by atoms with Crippen LogP contribution in [0.1, 0.15) is 51.2 Å². The molecule has 1 aliphatic heterocycles. The molecule has 0 bridgehead atoms. The zero-order valence-electron chi connectivity index (χ0n) is 18.3. The van der Waals surface area contributed by atoms with Crippen molar-refractivity contribution in [2.75, 3.05) is 6.61 Å². The van der Waals surface area contributed by atoms with E-state index >= 15 is 0 Å². The van der Waals surface area contributed by atoms with E-state index in [9.17, 15) is 23.1 Å². The van der Waals surface area contributed by atoms with Crippen LogP contribution in [-0.2, 0) is 10.2 Å². The van der Waals surface area contributed by atoms with Crippen molar-refractivity contribution in [3.05, 3.63) is 65.7 Å². The van der Waals surface area contributed by atoms with Crippen molar-refractivity contribution in [2.45, 2.75) is 57.3 Å². The van der Waals surface area contributed by atoms with Gasteiger partial charge in [0.05, 0.1) is 0 Å². The van der Waals surface area contributed by atoms with Gasteiger partial charge in [-0.05, 0) is 29.7 Å². The number of amides is 1. The van der Waals surface area contributed by atoms with Crippen molar-refractivity contribution >= 4 is 11.6 Å². The molecule has 2 aromatic carbocycles. The molecular formula is C24H27F3N2O3. The first-order valence-electron chi connectivity index (χ1n) is 10.5. The minimum Gasteiger partial charge on any atom is -0.484 e. The Kier molecular flexibility index (Phi) is 6.64. The van der Waals surface area contributed by atoms with Gasteiger partial charge in [-0.15, -0.1) is 0 Å². The van der Waals surface area contributed by atoms with E-state index in [1.807, 2.05) is 42.5 Å². The van der Waals surface area contributed by atoms with Crippen LogP contribution in [0.3, 0.4) is 0 Å². The van der Waals surface area contributed by atoms with Gasteiger partial charge >= 0.3 is 6.18 Å². The summed E-state index contributed by atoms with van der Waals surface area (Å²) in [4.78, 5) is 12.5. The monoisotopic (exact) mass is 448 g/mol. The number of aliphatic hydroxyl groups is 1. The predicted octanol–water partition coefficient (Wildman–Crippen LogP) is 5.03. The van der Waals surface area contributed by atoms with Crippen LogP contribution in [0.15, 0.2) is 59.7 Å². The SMILES string of the molecule is CCCC1=NN(C(=O)COc2ccc(C(C)(C)c3ccccc3)cc2)C(O)(C(F)(F)F)C1. The van der Waals surface area contributed by atoms with Gasteiger partial charge in [-0.25, -0.2) is 0 Å². The first-order chi connectivity index (χ1) is 15.0. The quantitative estimate of drug-likeness (QED) is 0.646. The predicted molar refractivity (Wildman–Crippen MR) is 115 cm³/mol. The second kappa shape index (κ2) is 8.94. The Hall–Kier alpha value is -2.87. The maximum atomic E-state index is 13.5. The number of halogens is 3. The van der Waals surface area contributed by atoms with E-state index in [-0.39, 0.29) is 22.6 Å². The third-order valence-corrected chi connectivity index (χ3v) is 5.70. The summed E-state index contributed by atoms with van der Waals surface area (Å²) in [6.07, 6.45) is -4.97. The van der Waals surface area contributed by atoms with E-state index in [1.165, 1.54) is 0 Å². The summed E-state index contributed by atoms with van der Waals surface area (Å²) in [6, 6.07) is 17.0. The fourth-order valence-electron chi connectivity index (χ4n) is 3.72. The summed E-state index contributed by atoms with van der Waals surface area (Å²) >= 11 is 0. The molecule has 1 amide bonds. The van der Waals surface area contributed by atoms with Gasteiger partial charge in [0.2, 0.25) is 0 Å². The number of hydrogen-bond acceptors (Lipinski definition) is 4. The van der Waals surface area contributed by atoms with Crippen LogP contribution in [-0.4, -0.2) is 40.2 Å². The Morgan fingerprint density at radius 2 is 1.69 bits per heavy atom.